The number of carbonyl (C=O) groups excluding carboxylic acids is 2. The molecule has 2 N–H and O–H groups in total. The molecule has 53 heavy (non-hydrogen) atoms. The first kappa shape index (κ1) is 54.3. The minimum absolute atomic E-state index is 0.136. The van der Waals surface area contributed by atoms with Crippen molar-refractivity contribution in [2.75, 3.05) is 32.8 Å². The molecule has 0 fully saturated rings. The molecule has 9 heteroatoms. The fourth-order valence-electron chi connectivity index (χ4n) is 6.61. The second-order valence-corrected chi connectivity index (χ2v) is 16.0. The van der Waals surface area contributed by atoms with Crippen molar-refractivity contribution in [1.82, 2.24) is 4.90 Å². The lowest BCUT2D eigenvalue weighted by atomic mass is 9.96. The lowest BCUT2D eigenvalue weighted by molar-refractivity contribution is -0.161. The number of hydrogen-bond donors (Lipinski definition) is 2. The second-order valence-electron chi connectivity index (χ2n) is 15.3. The molecule has 0 bridgehead atoms. The van der Waals surface area contributed by atoms with E-state index in [-0.39, 0.29) is 25.2 Å². The monoisotopic (exact) mass is 776 g/mol. The van der Waals surface area contributed by atoms with Gasteiger partial charge >= 0.3 is 20.5 Å². The molecule has 0 spiro atoms. The van der Waals surface area contributed by atoms with E-state index < -0.39 is 14.7 Å². The average molecular weight is 776 g/mol. The first-order chi connectivity index (χ1) is 25.7. The highest BCUT2D eigenvalue weighted by atomic mass is 31.2. The summed E-state index contributed by atoms with van der Waals surface area (Å²) in [7, 11) is -2.57. The van der Waals surface area contributed by atoms with Crippen LogP contribution in [0.3, 0.4) is 0 Å². The van der Waals surface area contributed by atoms with Crippen molar-refractivity contribution < 1.29 is 33.4 Å². The van der Waals surface area contributed by atoms with Gasteiger partial charge in [-0.2, -0.15) is 0 Å². The maximum Gasteiger partial charge on any atom is 0.327 e. The minimum Gasteiger partial charge on any atom is -0.462 e. The van der Waals surface area contributed by atoms with E-state index >= 15 is 0 Å². The lowest BCUT2D eigenvalue weighted by Gasteiger charge is -2.18. The number of unbranched alkanes of at least 4 members (excludes halogenated alkanes) is 22. The quantitative estimate of drug-likeness (QED) is 0.0361. The summed E-state index contributed by atoms with van der Waals surface area (Å²) in [6.45, 7) is 16.7. The number of ether oxygens (including phenoxy) is 2. The zero-order chi connectivity index (χ0) is 39.6. The van der Waals surface area contributed by atoms with Crippen LogP contribution >= 0.6 is 8.60 Å². The molecule has 0 radical (unpaired) electrons. The number of rotatable bonds is 39. The Morgan fingerprint density at radius 1 is 0.509 bits per heavy atom. The second kappa shape index (κ2) is 43.9. The van der Waals surface area contributed by atoms with Crippen LogP contribution in [0, 0.1) is 5.92 Å². The van der Waals surface area contributed by atoms with Gasteiger partial charge in [0.2, 0.25) is 0 Å². The van der Waals surface area contributed by atoms with E-state index in [0.29, 0.717) is 12.8 Å². The zero-order valence-electron chi connectivity index (χ0n) is 36.0. The van der Waals surface area contributed by atoms with Gasteiger partial charge in [-0.15, -0.1) is 0 Å². The Morgan fingerprint density at radius 2 is 0.868 bits per heavy atom. The van der Waals surface area contributed by atoms with Gasteiger partial charge in [0.25, 0.3) is 0 Å². The number of nitrogens with zero attached hydrogens (tertiary/aromatic N) is 1. The van der Waals surface area contributed by atoms with Crippen LogP contribution in [0.1, 0.15) is 228 Å². The average Bonchev–Trinajstić information content (AvgIpc) is 3.14. The largest absolute Gasteiger partial charge is 0.462 e. The van der Waals surface area contributed by atoms with E-state index in [1.807, 2.05) is 0 Å². The molecule has 0 aliphatic carbocycles. The Labute approximate surface area is 330 Å². The van der Waals surface area contributed by atoms with Crippen molar-refractivity contribution in [3.05, 3.63) is 0 Å². The van der Waals surface area contributed by atoms with Crippen LogP contribution in [-0.2, 0) is 23.6 Å². The standard InChI is InChI=1S/C38H75O7P.C6H15N/c1-4-6-8-10-12-13-14-15-16-17-18-24-28-32-38(40)45-36(34-44-46(41)42)33-43-37(39)31-27-23-20-19-22-26-30-35(3)29-25-21-11-9-7-5-2;1-4-7(5-2)6-3/h35-36,41-42H,4-34H2,1-3H3;4-6H2,1-3H3/t35-,36-;/m1./s1. The third kappa shape index (κ3) is 43.8. The minimum atomic E-state index is -2.57. The van der Waals surface area contributed by atoms with Gasteiger partial charge < -0.3 is 28.7 Å². The maximum absolute atomic E-state index is 12.4. The van der Waals surface area contributed by atoms with Crippen molar-refractivity contribution in [1.29, 1.82) is 0 Å². The van der Waals surface area contributed by atoms with Crippen LogP contribution in [0.5, 0.6) is 0 Å². The zero-order valence-corrected chi connectivity index (χ0v) is 36.9. The highest BCUT2D eigenvalue weighted by molar-refractivity contribution is 7.39. The summed E-state index contributed by atoms with van der Waals surface area (Å²) in [6.07, 6.45) is 33.5. The summed E-state index contributed by atoms with van der Waals surface area (Å²) >= 11 is 0. The molecule has 0 saturated carbocycles. The normalized spacial score (nSPS) is 12.5. The highest BCUT2D eigenvalue weighted by Crippen LogP contribution is 2.25. The number of esters is 2. The van der Waals surface area contributed by atoms with E-state index in [9.17, 15) is 9.59 Å². The van der Waals surface area contributed by atoms with Crippen LogP contribution in [0.4, 0.5) is 0 Å². The third-order valence-electron chi connectivity index (χ3n) is 10.3. The smallest absolute Gasteiger partial charge is 0.327 e. The van der Waals surface area contributed by atoms with E-state index in [2.05, 4.69) is 46.4 Å². The van der Waals surface area contributed by atoms with Gasteiger partial charge in [0.1, 0.15) is 6.61 Å². The molecule has 0 rings (SSSR count). The van der Waals surface area contributed by atoms with Gasteiger partial charge in [-0.3, -0.25) is 9.59 Å². The summed E-state index contributed by atoms with van der Waals surface area (Å²) in [4.78, 5) is 45.2. The Balaban J connectivity index is 0. The van der Waals surface area contributed by atoms with Gasteiger partial charge in [0.15, 0.2) is 6.10 Å². The fraction of sp³-hybridized carbons (Fsp3) is 0.955. The first-order valence-corrected chi connectivity index (χ1v) is 23.8. The Morgan fingerprint density at radius 3 is 1.23 bits per heavy atom. The lowest BCUT2D eigenvalue weighted by Crippen LogP contribution is -2.29. The first-order valence-electron chi connectivity index (χ1n) is 22.6. The molecule has 0 heterocycles. The molecule has 0 unspecified atom stereocenters. The van der Waals surface area contributed by atoms with Gasteiger partial charge in [-0.1, -0.05) is 202 Å². The SMILES string of the molecule is CCCCCCCCCCCCCCCC(=O)O[C@H](COC(=O)CCCCCCCC[C@H](C)CCCCCCCC)COP(O)O.CCN(CC)CC. The molecule has 0 saturated heterocycles. The van der Waals surface area contributed by atoms with Crippen molar-refractivity contribution in [2.24, 2.45) is 5.92 Å². The molecule has 318 valence electrons. The molecular formula is C44H90NO7P. The molecule has 2 atom stereocenters. The molecule has 0 aromatic heterocycles. The molecular weight excluding hydrogens is 685 g/mol. The topological polar surface area (TPSA) is 106 Å². The van der Waals surface area contributed by atoms with E-state index in [1.165, 1.54) is 154 Å². The summed E-state index contributed by atoms with van der Waals surface area (Å²) < 4.78 is 15.6. The number of carbonyl (C=O) groups is 2. The molecule has 8 nitrogen and oxygen atoms in total. The van der Waals surface area contributed by atoms with Crippen molar-refractivity contribution in [3.8, 4) is 0 Å². The molecule has 0 aliphatic heterocycles. The van der Waals surface area contributed by atoms with Gasteiger partial charge in [0.05, 0.1) is 6.61 Å². The summed E-state index contributed by atoms with van der Waals surface area (Å²) in [5.41, 5.74) is 0. The van der Waals surface area contributed by atoms with Crippen molar-refractivity contribution in [3.63, 3.8) is 0 Å². The predicted molar refractivity (Wildman–Crippen MR) is 226 cm³/mol. The van der Waals surface area contributed by atoms with E-state index in [4.69, 9.17) is 23.8 Å². The molecule has 0 aromatic carbocycles. The summed E-state index contributed by atoms with van der Waals surface area (Å²) in [5, 5.41) is 0. The Bertz CT molecular complexity index is 748. The fourth-order valence-corrected chi connectivity index (χ4v) is 6.91. The summed E-state index contributed by atoms with van der Waals surface area (Å²) in [5.74, 6) is 0.136. The van der Waals surface area contributed by atoms with Crippen molar-refractivity contribution in [2.45, 2.75) is 234 Å². The predicted octanol–water partition coefficient (Wildman–Crippen LogP) is 13.0. The van der Waals surface area contributed by atoms with Crippen molar-refractivity contribution >= 4 is 20.5 Å². The number of hydrogen-bond acceptors (Lipinski definition) is 8. The van der Waals surface area contributed by atoms with Gasteiger partial charge in [-0.25, -0.2) is 0 Å². The highest BCUT2D eigenvalue weighted by Gasteiger charge is 2.19. The molecule has 0 amide bonds. The van der Waals surface area contributed by atoms with E-state index in [1.54, 1.807) is 0 Å². The molecule has 0 aliphatic rings. The van der Waals surface area contributed by atoms with Crippen LogP contribution in [0.15, 0.2) is 0 Å². The van der Waals surface area contributed by atoms with Crippen LogP contribution in [0.25, 0.3) is 0 Å². The van der Waals surface area contributed by atoms with Crippen LogP contribution in [0.2, 0.25) is 0 Å². The van der Waals surface area contributed by atoms with Crippen LogP contribution in [-0.4, -0.2) is 65.6 Å². The Hall–Kier alpha value is -0.790. The maximum atomic E-state index is 12.4. The Kier molecular flexibility index (Phi) is 45.0. The van der Waals surface area contributed by atoms with Gasteiger partial charge in [0, 0.05) is 12.8 Å². The van der Waals surface area contributed by atoms with Crippen LogP contribution < -0.4 is 0 Å². The van der Waals surface area contributed by atoms with E-state index in [0.717, 1.165) is 44.4 Å². The molecule has 0 aromatic rings. The van der Waals surface area contributed by atoms with Gasteiger partial charge in [-0.05, 0) is 38.4 Å². The third-order valence-corrected chi connectivity index (χ3v) is 10.7. The summed E-state index contributed by atoms with van der Waals surface area (Å²) in [6, 6.07) is 0.